The predicted octanol–water partition coefficient (Wildman–Crippen LogP) is 1.25. The van der Waals surface area contributed by atoms with E-state index in [0.717, 1.165) is 0 Å². The number of rotatable bonds is 4. The highest BCUT2D eigenvalue weighted by atomic mass is 16.6. The van der Waals surface area contributed by atoms with Crippen LogP contribution in [-0.4, -0.2) is 40.8 Å². The molecule has 0 aromatic carbocycles. The molecule has 92 valence electrons. The maximum atomic E-state index is 11.7. The Morgan fingerprint density at radius 3 is 2.88 bits per heavy atom. The Labute approximate surface area is 100 Å². The molecular formula is C12H15NO4. The summed E-state index contributed by atoms with van der Waals surface area (Å²) in [4.78, 5) is 24.3. The largest absolute Gasteiger partial charge is 0.479 e. The molecule has 1 amide bonds. The van der Waals surface area contributed by atoms with E-state index in [1.165, 1.54) is 11.0 Å². The van der Waals surface area contributed by atoms with Crippen molar-refractivity contribution in [1.29, 1.82) is 0 Å². The molecule has 1 saturated heterocycles. The lowest BCUT2D eigenvalue weighted by Gasteiger charge is -2.32. The van der Waals surface area contributed by atoms with E-state index in [-0.39, 0.29) is 13.0 Å². The van der Waals surface area contributed by atoms with E-state index in [9.17, 15) is 14.7 Å². The highest BCUT2D eigenvalue weighted by molar-refractivity contribution is 5.85. The fourth-order valence-corrected chi connectivity index (χ4v) is 2.00. The first-order valence-electron chi connectivity index (χ1n) is 5.30. The maximum absolute atomic E-state index is 11.7. The summed E-state index contributed by atoms with van der Waals surface area (Å²) in [6, 6.07) is 0. The fraction of sp³-hybridized carbons (Fsp3) is 0.500. The lowest BCUT2D eigenvalue weighted by Crippen LogP contribution is -2.53. The molecule has 17 heavy (non-hydrogen) atoms. The topological polar surface area (TPSA) is 66.8 Å². The molecule has 1 aliphatic heterocycles. The van der Waals surface area contributed by atoms with Gasteiger partial charge in [0.2, 0.25) is 0 Å². The quantitative estimate of drug-likeness (QED) is 0.590. The third kappa shape index (κ3) is 2.41. The number of aliphatic carboxylic acids is 1. The van der Waals surface area contributed by atoms with Crippen LogP contribution in [0.25, 0.3) is 0 Å². The number of terminal acetylenes is 1. The number of ether oxygens (including phenoxy) is 1. The molecule has 5 heteroatoms. The number of carboxylic acid groups (broad SMARTS) is 1. The molecular weight excluding hydrogens is 222 g/mol. The third-order valence-electron chi connectivity index (χ3n) is 2.83. The number of hydrogen-bond donors (Lipinski definition) is 1. The van der Waals surface area contributed by atoms with E-state index >= 15 is 0 Å². The minimum Gasteiger partial charge on any atom is -0.479 e. The van der Waals surface area contributed by atoms with Crippen LogP contribution in [0.4, 0.5) is 4.79 Å². The normalized spacial score (nSPS) is 22.9. The van der Waals surface area contributed by atoms with E-state index < -0.39 is 17.6 Å². The van der Waals surface area contributed by atoms with Crippen molar-refractivity contribution in [3.63, 3.8) is 0 Å². The summed E-state index contributed by atoms with van der Waals surface area (Å²) in [6.07, 6.45) is 6.92. The van der Waals surface area contributed by atoms with Gasteiger partial charge in [0.15, 0.2) is 5.54 Å². The molecule has 5 nitrogen and oxygen atoms in total. The van der Waals surface area contributed by atoms with Gasteiger partial charge in [0.05, 0.1) is 0 Å². The summed E-state index contributed by atoms with van der Waals surface area (Å²) in [6.45, 7) is 3.83. The van der Waals surface area contributed by atoms with Crippen molar-refractivity contribution >= 4 is 12.1 Å². The smallest absolute Gasteiger partial charge is 0.411 e. The van der Waals surface area contributed by atoms with Crippen LogP contribution >= 0.6 is 0 Å². The van der Waals surface area contributed by atoms with Crippen molar-refractivity contribution < 1.29 is 19.4 Å². The molecule has 0 bridgehead atoms. The van der Waals surface area contributed by atoms with Gasteiger partial charge in [-0.3, -0.25) is 4.90 Å². The first kappa shape index (κ1) is 13.1. The summed E-state index contributed by atoms with van der Waals surface area (Å²) in [5, 5.41) is 9.27. The molecule has 1 unspecified atom stereocenters. The average Bonchev–Trinajstić information content (AvgIpc) is 2.71. The number of nitrogens with zero attached hydrogens (tertiary/aromatic N) is 1. The molecule has 1 aliphatic rings. The van der Waals surface area contributed by atoms with E-state index in [4.69, 9.17) is 11.2 Å². The highest BCUT2D eigenvalue weighted by Gasteiger charge is 2.50. The molecule has 0 saturated carbocycles. The van der Waals surface area contributed by atoms with Crippen molar-refractivity contribution in [1.82, 2.24) is 4.90 Å². The fourth-order valence-electron chi connectivity index (χ4n) is 2.00. The Hall–Kier alpha value is -1.96. The first-order valence-corrected chi connectivity index (χ1v) is 5.30. The van der Waals surface area contributed by atoms with Crippen LogP contribution in [0.1, 0.15) is 19.3 Å². The molecule has 0 radical (unpaired) electrons. The zero-order valence-corrected chi connectivity index (χ0v) is 9.52. The maximum Gasteiger partial charge on any atom is 0.411 e. The zero-order valence-electron chi connectivity index (χ0n) is 9.52. The van der Waals surface area contributed by atoms with Crippen molar-refractivity contribution in [2.75, 3.05) is 13.2 Å². The number of hydrogen-bond acceptors (Lipinski definition) is 3. The molecule has 0 aliphatic carbocycles. The Bertz CT molecular complexity index is 371. The summed E-state index contributed by atoms with van der Waals surface area (Å²) < 4.78 is 4.86. The van der Waals surface area contributed by atoms with Gasteiger partial charge >= 0.3 is 12.1 Å². The van der Waals surface area contributed by atoms with Crippen LogP contribution < -0.4 is 0 Å². The number of likely N-dealkylation sites (tertiary alicyclic amines) is 1. The second kappa shape index (κ2) is 5.39. The molecule has 1 fully saturated rings. The van der Waals surface area contributed by atoms with Crippen molar-refractivity contribution in [3.05, 3.63) is 12.7 Å². The minimum atomic E-state index is -1.31. The van der Waals surface area contributed by atoms with Crippen LogP contribution in [0.5, 0.6) is 0 Å². The van der Waals surface area contributed by atoms with Gasteiger partial charge < -0.3 is 9.84 Å². The summed E-state index contributed by atoms with van der Waals surface area (Å²) in [7, 11) is 0. The molecule has 1 N–H and O–H groups in total. The minimum absolute atomic E-state index is 0.00841. The SMILES string of the molecule is C#CCC1(C(=O)O)CCCN1C(=O)OCC=C. The summed E-state index contributed by atoms with van der Waals surface area (Å²) in [5.74, 6) is 1.24. The molecule has 0 aromatic heterocycles. The third-order valence-corrected chi connectivity index (χ3v) is 2.83. The summed E-state index contributed by atoms with van der Waals surface area (Å²) in [5.41, 5.74) is -1.31. The summed E-state index contributed by atoms with van der Waals surface area (Å²) >= 11 is 0. The highest BCUT2D eigenvalue weighted by Crippen LogP contribution is 2.33. The van der Waals surface area contributed by atoms with Gasteiger partial charge in [0.25, 0.3) is 0 Å². The number of carbonyl (C=O) groups excluding carboxylic acids is 1. The van der Waals surface area contributed by atoms with Gasteiger partial charge in [-0.15, -0.1) is 12.3 Å². The standard InChI is InChI=1S/C12H15NO4/c1-3-6-12(10(14)15)7-5-8-13(12)11(16)17-9-4-2/h1,4H,2,5-9H2,(H,14,15). The predicted molar refractivity (Wildman–Crippen MR) is 61.3 cm³/mol. The molecule has 1 atom stereocenters. The number of amides is 1. The van der Waals surface area contributed by atoms with E-state index in [1.807, 2.05) is 0 Å². The molecule has 0 spiro atoms. The second-order valence-electron chi connectivity index (χ2n) is 3.84. The van der Waals surface area contributed by atoms with E-state index in [2.05, 4.69) is 12.5 Å². The van der Waals surface area contributed by atoms with E-state index in [1.54, 1.807) is 0 Å². The monoisotopic (exact) mass is 237 g/mol. The van der Waals surface area contributed by atoms with E-state index in [0.29, 0.717) is 19.4 Å². The van der Waals surface area contributed by atoms with Crippen LogP contribution in [0.2, 0.25) is 0 Å². The molecule has 1 rings (SSSR count). The van der Waals surface area contributed by atoms with Gasteiger partial charge in [0, 0.05) is 13.0 Å². The van der Waals surface area contributed by atoms with Crippen LogP contribution in [0, 0.1) is 12.3 Å². The van der Waals surface area contributed by atoms with Gasteiger partial charge in [0.1, 0.15) is 6.61 Å². The van der Waals surface area contributed by atoms with Crippen LogP contribution in [0.15, 0.2) is 12.7 Å². The van der Waals surface area contributed by atoms with Crippen molar-refractivity contribution in [2.24, 2.45) is 0 Å². The van der Waals surface area contributed by atoms with Gasteiger partial charge in [-0.1, -0.05) is 12.7 Å². The second-order valence-corrected chi connectivity index (χ2v) is 3.84. The Morgan fingerprint density at radius 1 is 1.65 bits per heavy atom. The first-order chi connectivity index (χ1) is 8.08. The van der Waals surface area contributed by atoms with Gasteiger partial charge in [-0.05, 0) is 12.8 Å². The Balaban J connectivity index is 2.89. The Kier molecular flexibility index (Phi) is 4.16. The lowest BCUT2D eigenvalue weighted by molar-refractivity contribution is -0.148. The van der Waals surface area contributed by atoms with Crippen LogP contribution in [-0.2, 0) is 9.53 Å². The average molecular weight is 237 g/mol. The van der Waals surface area contributed by atoms with Crippen molar-refractivity contribution in [2.45, 2.75) is 24.8 Å². The lowest BCUT2D eigenvalue weighted by atomic mass is 9.93. The van der Waals surface area contributed by atoms with Gasteiger partial charge in [-0.25, -0.2) is 9.59 Å². The zero-order chi connectivity index (χ0) is 12.9. The Morgan fingerprint density at radius 2 is 2.35 bits per heavy atom. The van der Waals surface area contributed by atoms with Gasteiger partial charge in [-0.2, -0.15) is 0 Å². The number of carboxylic acids is 1. The number of carbonyl (C=O) groups is 2. The van der Waals surface area contributed by atoms with Crippen molar-refractivity contribution in [3.8, 4) is 12.3 Å². The molecule has 0 aromatic rings. The molecule has 1 heterocycles. The van der Waals surface area contributed by atoms with Crippen LogP contribution in [0.3, 0.4) is 0 Å².